The molecule has 1 atom stereocenters. The second-order valence-electron chi connectivity index (χ2n) is 9.51. The van der Waals surface area contributed by atoms with Crippen molar-refractivity contribution in [2.24, 2.45) is 0 Å². The van der Waals surface area contributed by atoms with Crippen LogP contribution in [0.4, 0.5) is 5.82 Å². The van der Waals surface area contributed by atoms with Crippen LogP contribution in [0.3, 0.4) is 0 Å². The molecule has 3 rings (SSSR count). The summed E-state index contributed by atoms with van der Waals surface area (Å²) >= 11 is -1.87. The van der Waals surface area contributed by atoms with Crippen molar-refractivity contribution in [3.05, 3.63) is 42.0 Å². The molecule has 1 aliphatic heterocycles. The van der Waals surface area contributed by atoms with Crippen molar-refractivity contribution in [2.75, 3.05) is 17.7 Å². The number of aromatic hydroxyl groups is 1. The predicted octanol–water partition coefficient (Wildman–Crippen LogP) is 3.83. The van der Waals surface area contributed by atoms with E-state index in [9.17, 15) is 9.32 Å². The van der Waals surface area contributed by atoms with Crippen LogP contribution in [-0.4, -0.2) is 54.0 Å². The van der Waals surface area contributed by atoms with Crippen molar-refractivity contribution in [2.45, 2.75) is 57.7 Å². The topological polar surface area (TPSA) is 98.6 Å². The molecule has 1 unspecified atom stereocenters. The number of benzene rings is 1. The number of piperidine rings is 1. The van der Waals surface area contributed by atoms with Crippen LogP contribution in [-0.2, 0) is 11.1 Å². The second kappa shape index (κ2) is 9.06. The number of hydrogen-bond donors (Lipinski definition) is 3. The molecule has 0 aliphatic carbocycles. The van der Waals surface area contributed by atoms with Gasteiger partial charge in [-0.2, -0.15) is 0 Å². The lowest BCUT2D eigenvalue weighted by molar-refractivity contribution is 0.160. The smallest absolute Gasteiger partial charge is 0.156 e. The fourth-order valence-corrected chi connectivity index (χ4v) is 4.78. The van der Waals surface area contributed by atoms with Crippen LogP contribution in [0, 0.1) is 0 Å². The summed E-state index contributed by atoms with van der Waals surface area (Å²) in [6.45, 7) is 8.92. The van der Waals surface area contributed by atoms with E-state index in [1.165, 1.54) is 0 Å². The molecule has 0 amide bonds. The number of phenols is 1. The molecule has 0 saturated carbocycles. The second-order valence-corrected chi connectivity index (χ2v) is 10.5. The van der Waals surface area contributed by atoms with Crippen LogP contribution in [0.1, 0.15) is 46.1 Å². The number of hydrogen-bond acceptors (Lipinski definition) is 6. The third-order valence-corrected chi connectivity index (χ3v) is 6.05. The van der Waals surface area contributed by atoms with Crippen LogP contribution in [0.5, 0.6) is 5.75 Å². The Morgan fingerprint density at radius 2 is 1.84 bits per heavy atom. The van der Waals surface area contributed by atoms with Crippen molar-refractivity contribution < 1.29 is 13.9 Å². The third-order valence-electron chi connectivity index (χ3n) is 5.58. The van der Waals surface area contributed by atoms with E-state index in [0.29, 0.717) is 17.3 Å². The van der Waals surface area contributed by atoms with E-state index in [-0.39, 0.29) is 22.6 Å². The molecule has 0 bridgehead atoms. The summed E-state index contributed by atoms with van der Waals surface area (Å²) in [4.78, 5) is 2.19. The van der Waals surface area contributed by atoms with E-state index in [1.54, 1.807) is 24.3 Å². The summed E-state index contributed by atoms with van der Waals surface area (Å²) in [5, 5.41) is 22.9. The number of aromatic nitrogens is 2. The van der Waals surface area contributed by atoms with Crippen LogP contribution >= 0.6 is 0 Å². The summed E-state index contributed by atoms with van der Waals surface area (Å²) in [7, 11) is 2.06. The highest BCUT2D eigenvalue weighted by atomic mass is 32.2. The molecule has 1 aromatic carbocycles. The summed E-state index contributed by atoms with van der Waals surface area (Å²) in [6, 6.07) is 9.36. The summed E-state index contributed by atoms with van der Waals surface area (Å²) in [5.74, 6) is 0.941. The van der Waals surface area contributed by atoms with E-state index in [1.807, 2.05) is 18.2 Å². The Hall–Kier alpha value is -2.29. The van der Waals surface area contributed by atoms with Gasteiger partial charge in [0.25, 0.3) is 0 Å². The standard InChI is InChI=1S/C23H32N4O3S/c1-22(2)14-17(15-23(3,4)26-22)27(5)21-11-10-19(24-25-21)18-9-8-16(13-20(18)28)7-6-12-31(29)30/h6-11,13,17,26,28H,12,14-15H2,1-5H3,(H,29,30)/b7-6+. The van der Waals surface area contributed by atoms with Gasteiger partial charge in [0, 0.05) is 29.7 Å². The van der Waals surface area contributed by atoms with Gasteiger partial charge in [0.2, 0.25) is 0 Å². The highest BCUT2D eigenvalue weighted by Gasteiger charge is 2.39. The zero-order valence-electron chi connectivity index (χ0n) is 18.8. The molecule has 8 heteroatoms. The van der Waals surface area contributed by atoms with Gasteiger partial charge in [0.1, 0.15) is 5.75 Å². The fourth-order valence-electron chi connectivity index (χ4n) is 4.52. The first kappa shape index (κ1) is 23.4. The first-order valence-corrected chi connectivity index (χ1v) is 11.7. The Morgan fingerprint density at radius 3 is 2.39 bits per heavy atom. The average molecular weight is 445 g/mol. The van der Waals surface area contributed by atoms with E-state index in [0.717, 1.165) is 24.2 Å². The molecule has 168 valence electrons. The molecule has 1 aliphatic rings. The van der Waals surface area contributed by atoms with Gasteiger partial charge in [-0.3, -0.25) is 0 Å². The summed E-state index contributed by atoms with van der Waals surface area (Å²) in [5.41, 5.74) is 2.01. The van der Waals surface area contributed by atoms with Gasteiger partial charge in [-0.1, -0.05) is 18.2 Å². The Morgan fingerprint density at radius 1 is 1.16 bits per heavy atom. The van der Waals surface area contributed by atoms with Crippen molar-refractivity contribution >= 4 is 23.0 Å². The van der Waals surface area contributed by atoms with E-state index >= 15 is 0 Å². The molecule has 0 spiro atoms. The lowest BCUT2D eigenvalue weighted by atomic mass is 9.79. The van der Waals surface area contributed by atoms with Crippen LogP contribution in [0.2, 0.25) is 0 Å². The summed E-state index contributed by atoms with van der Waals surface area (Å²) < 4.78 is 19.5. The first-order chi connectivity index (χ1) is 14.5. The molecule has 2 heterocycles. The minimum absolute atomic E-state index is 0.0439. The van der Waals surface area contributed by atoms with Crippen LogP contribution in [0.15, 0.2) is 36.4 Å². The fraction of sp³-hybridized carbons (Fsp3) is 0.478. The zero-order valence-corrected chi connectivity index (χ0v) is 19.6. The molecule has 2 aromatic rings. The van der Waals surface area contributed by atoms with Crippen molar-refractivity contribution in [1.29, 1.82) is 0 Å². The largest absolute Gasteiger partial charge is 0.507 e. The maximum Gasteiger partial charge on any atom is 0.156 e. The minimum Gasteiger partial charge on any atom is -0.507 e. The lowest BCUT2D eigenvalue weighted by Gasteiger charge is -2.49. The Bertz CT molecular complexity index is 957. The summed E-state index contributed by atoms with van der Waals surface area (Å²) in [6.07, 6.45) is 5.31. The van der Waals surface area contributed by atoms with Crippen LogP contribution in [0.25, 0.3) is 17.3 Å². The Kier molecular flexibility index (Phi) is 6.83. The van der Waals surface area contributed by atoms with Gasteiger partial charge in [0.05, 0.1) is 11.4 Å². The Balaban J connectivity index is 1.75. The number of anilines is 1. The monoisotopic (exact) mass is 444 g/mol. The average Bonchev–Trinajstić information content (AvgIpc) is 2.65. The van der Waals surface area contributed by atoms with Crippen molar-refractivity contribution in [1.82, 2.24) is 15.5 Å². The molecule has 7 nitrogen and oxygen atoms in total. The molecule has 3 N–H and O–H groups in total. The van der Waals surface area contributed by atoms with Gasteiger partial charge in [0.15, 0.2) is 16.9 Å². The number of nitrogens with one attached hydrogen (secondary N) is 1. The van der Waals surface area contributed by atoms with Crippen LogP contribution < -0.4 is 10.2 Å². The van der Waals surface area contributed by atoms with Gasteiger partial charge >= 0.3 is 0 Å². The predicted molar refractivity (Wildman–Crippen MR) is 127 cm³/mol. The van der Waals surface area contributed by atoms with E-state index < -0.39 is 11.1 Å². The first-order valence-electron chi connectivity index (χ1n) is 10.4. The number of nitrogens with zero attached hydrogens (tertiary/aromatic N) is 3. The molecular formula is C23H32N4O3S. The molecule has 0 radical (unpaired) electrons. The van der Waals surface area contributed by atoms with Gasteiger partial charge < -0.3 is 19.9 Å². The van der Waals surface area contributed by atoms with Gasteiger partial charge in [-0.05, 0) is 70.4 Å². The van der Waals surface area contributed by atoms with E-state index in [4.69, 9.17) is 4.55 Å². The molecule has 1 aromatic heterocycles. The number of rotatable bonds is 6. The maximum atomic E-state index is 10.7. The van der Waals surface area contributed by atoms with Crippen molar-refractivity contribution in [3.8, 4) is 17.0 Å². The lowest BCUT2D eigenvalue weighted by Crippen LogP contribution is -2.62. The SMILES string of the molecule is CN(c1ccc(-c2ccc(/C=C/CS(=O)O)cc2O)nn1)C1CC(C)(C)NC(C)(C)C1. The Labute approximate surface area is 186 Å². The van der Waals surface area contributed by atoms with Gasteiger partial charge in [-0.15, -0.1) is 10.2 Å². The van der Waals surface area contributed by atoms with Crippen molar-refractivity contribution in [3.63, 3.8) is 0 Å². The number of phenolic OH excluding ortho intramolecular Hbond substituents is 1. The molecule has 31 heavy (non-hydrogen) atoms. The van der Waals surface area contributed by atoms with Gasteiger partial charge in [-0.25, -0.2) is 4.21 Å². The third kappa shape index (κ3) is 6.12. The highest BCUT2D eigenvalue weighted by molar-refractivity contribution is 7.79. The molecular weight excluding hydrogens is 412 g/mol. The van der Waals surface area contributed by atoms with E-state index in [2.05, 4.69) is 55.2 Å². The minimum atomic E-state index is -1.87. The maximum absolute atomic E-state index is 10.7. The highest BCUT2D eigenvalue weighted by Crippen LogP contribution is 2.33. The molecule has 1 fully saturated rings. The zero-order chi connectivity index (χ0) is 22.8. The molecule has 1 saturated heterocycles. The normalized spacial score (nSPS) is 19.4. The quantitative estimate of drug-likeness (QED) is 0.583.